The fraction of sp³-hybridized carbons (Fsp3) is 0.467. The molecule has 0 spiro atoms. The summed E-state index contributed by atoms with van der Waals surface area (Å²) >= 11 is 0. The van der Waals surface area contributed by atoms with Crippen LogP contribution in [0.25, 0.3) is 11.1 Å². The van der Waals surface area contributed by atoms with Crippen LogP contribution in [-0.4, -0.2) is 13.4 Å². The Morgan fingerprint density at radius 3 is 2.47 bits per heavy atom. The fourth-order valence-corrected chi connectivity index (χ4v) is 2.82. The van der Waals surface area contributed by atoms with Crippen LogP contribution in [0.2, 0.25) is 18.1 Å². The van der Waals surface area contributed by atoms with E-state index < -0.39 is 8.32 Å². The Morgan fingerprint density at radius 1 is 1.21 bits per heavy atom. The minimum absolute atomic E-state index is 0.116. The van der Waals surface area contributed by atoms with Gasteiger partial charge in [-0.05, 0) is 35.8 Å². The van der Waals surface area contributed by atoms with Crippen LogP contribution in [0.3, 0.4) is 0 Å². The lowest BCUT2D eigenvalue weighted by atomic mass is 10.1. The molecule has 0 atom stereocenters. The summed E-state index contributed by atoms with van der Waals surface area (Å²) in [6, 6.07) is 5.87. The van der Waals surface area contributed by atoms with E-state index in [1.54, 1.807) is 6.26 Å². The molecular weight excluding hydrogens is 256 g/mol. The van der Waals surface area contributed by atoms with Gasteiger partial charge in [-0.15, -0.1) is 0 Å². The monoisotopic (exact) mass is 278 g/mol. The zero-order valence-corrected chi connectivity index (χ0v) is 13.3. The molecule has 0 aromatic rings. The second-order valence-corrected chi connectivity index (χ2v) is 11.1. The predicted molar refractivity (Wildman–Crippen MR) is 79.1 cm³/mol. The van der Waals surface area contributed by atoms with E-state index in [9.17, 15) is 5.11 Å². The molecule has 0 fully saturated rings. The lowest BCUT2D eigenvalue weighted by Crippen LogP contribution is -2.43. The first-order valence-electron chi connectivity index (χ1n) is 6.55. The van der Waals surface area contributed by atoms with E-state index in [1.165, 1.54) is 0 Å². The first-order chi connectivity index (χ1) is 8.76. The molecule has 1 aliphatic heterocycles. The lowest BCUT2D eigenvalue weighted by Gasteiger charge is -2.36. The maximum Gasteiger partial charge on any atom is 0.250 e. The van der Waals surface area contributed by atoms with Crippen molar-refractivity contribution in [3.05, 3.63) is 30.2 Å². The molecule has 3 nitrogen and oxygen atoms in total. The maximum atomic E-state index is 9.40. The van der Waals surface area contributed by atoms with Gasteiger partial charge in [0.25, 0.3) is 8.32 Å². The van der Waals surface area contributed by atoms with Gasteiger partial charge in [0.2, 0.25) is 0 Å². The summed E-state index contributed by atoms with van der Waals surface area (Å²) in [5.74, 6) is 1.39. The summed E-state index contributed by atoms with van der Waals surface area (Å²) in [6.07, 6.45) is 1.60. The number of fused-ring (bicyclic) bond motifs is 1. The van der Waals surface area contributed by atoms with Gasteiger partial charge in [-0.1, -0.05) is 26.8 Å². The fourth-order valence-electron chi connectivity index (χ4n) is 1.79. The lowest BCUT2D eigenvalue weighted by molar-refractivity contribution is 0.244. The van der Waals surface area contributed by atoms with Crippen molar-refractivity contribution in [2.45, 2.75) is 45.5 Å². The van der Waals surface area contributed by atoms with E-state index in [-0.39, 0.29) is 11.6 Å². The highest BCUT2D eigenvalue weighted by molar-refractivity contribution is 6.74. The van der Waals surface area contributed by atoms with E-state index in [2.05, 4.69) is 33.9 Å². The van der Waals surface area contributed by atoms with Crippen LogP contribution in [-0.2, 0) is 6.61 Å². The molecule has 4 heteroatoms. The van der Waals surface area contributed by atoms with Crippen molar-refractivity contribution in [2.75, 3.05) is 0 Å². The molecule has 0 radical (unpaired) electrons. The van der Waals surface area contributed by atoms with Crippen LogP contribution < -0.4 is 4.43 Å². The maximum absolute atomic E-state index is 9.40. The zero-order chi connectivity index (χ0) is 14.3. The van der Waals surface area contributed by atoms with E-state index >= 15 is 0 Å². The summed E-state index contributed by atoms with van der Waals surface area (Å²) in [4.78, 5) is 0. The predicted octanol–water partition coefficient (Wildman–Crippen LogP) is 4.26. The summed E-state index contributed by atoms with van der Waals surface area (Å²) in [7, 11) is -1.89. The largest absolute Gasteiger partial charge is 0.543 e. The summed E-state index contributed by atoms with van der Waals surface area (Å²) in [5.41, 5.74) is 1.94. The molecule has 0 saturated heterocycles. The van der Waals surface area contributed by atoms with Crippen LogP contribution in [0.1, 0.15) is 26.5 Å². The van der Waals surface area contributed by atoms with Gasteiger partial charge < -0.3 is 13.9 Å². The number of hydrogen-bond acceptors (Lipinski definition) is 3. The van der Waals surface area contributed by atoms with E-state index in [1.807, 2.05) is 18.2 Å². The molecule has 1 N–H and O–H groups in total. The molecule has 0 amide bonds. The van der Waals surface area contributed by atoms with Gasteiger partial charge in [-0.25, -0.2) is 0 Å². The molecule has 2 aliphatic rings. The molecule has 1 heterocycles. The smallest absolute Gasteiger partial charge is 0.250 e. The van der Waals surface area contributed by atoms with Crippen molar-refractivity contribution in [2.24, 2.45) is 0 Å². The third-order valence-electron chi connectivity index (χ3n) is 4.00. The standard InChI is InChI=1S/C15H22O3Si/c1-15(2,3)19(4,5)18-12-7-6-11-8-9-17-13(10-16)14(11)12/h6-9,16H,10H2,1-5H3. The quantitative estimate of drug-likeness (QED) is 0.853. The van der Waals surface area contributed by atoms with Gasteiger partial charge in [0.15, 0.2) is 0 Å². The Hall–Kier alpha value is -1.26. The van der Waals surface area contributed by atoms with Crippen LogP contribution in [0, 0.1) is 0 Å². The average molecular weight is 278 g/mol. The topological polar surface area (TPSA) is 42.6 Å². The van der Waals surface area contributed by atoms with E-state index in [0.717, 1.165) is 16.9 Å². The number of rotatable bonds is 3. The van der Waals surface area contributed by atoms with Gasteiger partial charge in [0.1, 0.15) is 18.1 Å². The molecule has 104 valence electrons. The average Bonchev–Trinajstić information content (AvgIpc) is 2.70. The molecule has 0 aromatic carbocycles. The molecule has 2 rings (SSSR count). The Kier molecular flexibility index (Phi) is 3.49. The van der Waals surface area contributed by atoms with Crippen LogP contribution in [0.15, 0.2) is 28.9 Å². The van der Waals surface area contributed by atoms with Crippen LogP contribution in [0.5, 0.6) is 5.75 Å². The third-order valence-corrected chi connectivity index (χ3v) is 8.34. The summed E-state index contributed by atoms with van der Waals surface area (Å²) < 4.78 is 11.7. The highest BCUT2D eigenvalue weighted by Crippen LogP contribution is 2.43. The van der Waals surface area contributed by atoms with Crippen molar-refractivity contribution in [1.29, 1.82) is 0 Å². The molecule has 0 unspecified atom stereocenters. The van der Waals surface area contributed by atoms with Crippen LogP contribution >= 0.6 is 0 Å². The van der Waals surface area contributed by atoms with Crippen molar-refractivity contribution in [3.8, 4) is 16.9 Å². The summed E-state index contributed by atoms with van der Waals surface area (Å²) in [6.45, 7) is 10.9. The van der Waals surface area contributed by atoms with Gasteiger partial charge in [0.05, 0.1) is 11.8 Å². The highest BCUT2D eigenvalue weighted by Gasteiger charge is 2.39. The number of aliphatic hydroxyl groups is 1. The Balaban J connectivity index is 2.42. The Bertz CT molecular complexity index is 537. The van der Waals surface area contributed by atoms with Crippen LogP contribution in [0.4, 0.5) is 0 Å². The molecule has 1 aliphatic carbocycles. The normalized spacial score (nSPS) is 12.9. The SMILES string of the molecule is CC(C)(C)[Si](C)(C)Oc1ccc2ccoc(CO)c1-2. The minimum Gasteiger partial charge on any atom is -0.543 e. The van der Waals surface area contributed by atoms with Crippen molar-refractivity contribution < 1.29 is 13.9 Å². The third kappa shape index (κ3) is 2.55. The second kappa shape index (κ2) is 4.69. The van der Waals surface area contributed by atoms with E-state index in [4.69, 9.17) is 8.84 Å². The van der Waals surface area contributed by atoms with E-state index in [0.29, 0.717) is 5.76 Å². The molecule has 19 heavy (non-hydrogen) atoms. The zero-order valence-electron chi connectivity index (χ0n) is 12.3. The first-order valence-corrected chi connectivity index (χ1v) is 9.46. The molecule has 0 saturated carbocycles. The van der Waals surface area contributed by atoms with Gasteiger partial charge >= 0.3 is 0 Å². The Labute approximate surface area is 115 Å². The van der Waals surface area contributed by atoms with Crippen molar-refractivity contribution in [3.63, 3.8) is 0 Å². The number of hydrogen-bond donors (Lipinski definition) is 1. The first kappa shape index (κ1) is 14.2. The Morgan fingerprint density at radius 2 is 1.89 bits per heavy atom. The van der Waals surface area contributed by atoms with Crippen molar-refractivity contribution >= 4 is 8.32 Å². The van der Waals surface area contributed by atoms with Crippen molar-refractivity contribution in [1.82, 2.24) is 0 Å². The summed E-state index contributed by atoms with van der Waals surface area (Å²) in [5, 5.41) is 9.54. The second-order valence-electron chi connectivity index (χ2n) is 6.39. The van der Waals surface area contributed by atoms with Gasteiger partial charge in [-0.2, -0.15) is 0 Å². The van der Waals surface area contributed by atoms with Gasteiger partial charge in [-0.3, -0.25) is 0 Å². The molecule has 0 aromatic heterocycles. The number of aliphatic hydroxyl groups excluding tert-OH is 1. The van der Waals surface area contributed by atoms with Gasteiger partial charge in [0, 0.05) is 0 Å². The molecule has 0 bridgehead atoms. The highest BCUT2D eigenvalue weighted by atomic mass is 28.4. The minimum atomic E-state index is -1.89. The molecular formula is C15H22O3Si.